The maximum Gasteiger partial charge on any atom is 0.165 e. The summed E-state index contributed by atoms with van der Waals surface area (Å²) in [5.41, 5.74) is 0.0605. The first kappa shape index (κ1) is 12.8. The third-order valence-corrected chi connectivity index (χ3v) is 2.62. The van der Waals surface area contributed by atoms with Crippen molar-refractivity contribution in [1.82, 2.24) is 0 Å². The Labute approximate surface area is 107 Å². The minimum Gasteiger partial charge on any atom is -0.489 e. The fourth-order valence-electron chi connectivity index (χ4n) is 1.39. The summed E-state index contributed by atoms with van der Waals surface area (Å²) in [5.74, 6) is -2.35. The molecule has 0 amide bonds. The monoisotopic (exact) mass is 272 g/mol. The highest BCUT2D eigenvalue weighted by molar-refractivity contribution is 6.30. The smallest absolute Gasteiger partial charge is 0.165 e. The first-order chi connectivity index (χ1) is 8.58. The molecule has 0 atom stereocenters. The topological polar surface area (TPSA) is 9.23 Å². The van der Waals surface area contributed by atoms with Gasteiger partial charge in [0, 0.05) is 11.6 Å². The van der Waals surface area contributed by atoms with E-state index in [1.807, 2.05) is 0 Å². The van der Waals surface area contributed by atoms with Crippen molar-refractivity contribution in [2.45, 2.75) is 6.61 Å². The quantitative estimate of drug-likeness (QED) is 0.808. The van der Waals surface area contributed by atoms with Crippen LogP contribution in [0.15, 0.2) is 36.4 Å². The fourth-order valence-corrected chi connectivity index (χ4v) is 1.51. The molecule has 0 aliphatic rings. The highest BCUT2D eigenvalue weighted by Gasteiger charge is 2.08. The molecule has 18 heavy (non-hydrogen) atoms. The largest absolute Gasteiger partial charge is 0.489 e. The van der Waals surface area contributed by atoms with Gasteiger partial charge in [-0.25, -0.2) is 13.2 Å². The van der Waals surface area contributed by atoms with Crippen molar-refractivity contribution >= 4 is 11.6 Å². The Hall–Kier alpha value is -1.68. The minimum atomic E-state index is -0.966. The van der Waals surface area contributed by atoms with Crippen LogP contribution in [0.2, 0.25) is 5.02 Å². The van der Waals surface area contributed by atoms with E-state index >= 15 is 0 Å². The van der Waals surface area contributed by atoms with Crippen molar-refractivity contribution in [2.75, 3.05) is 0 Å². The van der Waals surface area contributed by atoms with Gasteiger partial charge in [-0.1, -0.05) is 23.7 Å². The van der Waals surface area contributed by atoms with Crippen molar-refractivity contribution in [2.24, 2.45) is 0 Å². The van der Waals surface area contributed by atoms with Gasteiger partial charge in [-0.15, -0.1) is 0 Å². The van der Waals surface area contributed by atoms with E-state index in [4.69, 9.17) is 16.3 Å². The summed E-state index contributed by atoms with van der Waals surface area (Å²) < 4.78 is 44.5. The van der Waals surface area contributed by atoms with Crippen molar-refractivity contribution < 1.29 is 17.9 Å². The number of hydrogen-bond donors (Lipinski definition) is 0. The summed E-state index contributed by atoms with van der Waals surface area (Å²) in [7, 11) is 0. The molecular formula is C13H8ClF3O. The van der Waals surface area contributed by atoms with Gasteiger partial charge < -0.3 is 4.74 Å². The third-order valence-electron chi connectivity index (χ3n) is 2.32. The van der Waals surface area contributed by atoms with E-state index in [9.17, 15) is 13.2 Å². The van der Waals surface area contributed by atoms with Crippen LogP contribution in [0.25, 0.3) is 0 Å². The summed E-state index contributed by atoms with van der Waals surface area (Å²) in [6.45, 7) is -0.190. The summed E-state index contributed by atoms with van der Waals surface area (Å²) in [5, 5.41) is -0.0284. The molecule has 0 aliphatic heterocycles. The Bertz CT molecular complexity index is 572. The van der Waals surface area contributed by atoms with Gasteiger partial charge in [-0.3, -0.25) is 0 Å². The molecule has 0 bridgehead atoms. The van der Waals surface area contributed by atoms with E-state index in [0.29, 0.717) is 0 Å². The van der Waals surface area contributed by atoms with Crippen molar-refractivity contribution in [1.29, 1.82) is 0 Å². The van der Waals surface area contributed by atoms with E-state index in [0.717, 1.165) is 12.1 Å². The van der Waals surface area contributed by atoms with Gasteiger partial charge in [-0.05, 0) is 18.2 Å². The molecule has 0 spiro atoms. The maximum atomic E-state index is 13.3. The second-order valence-electron chi connectivity index (χ2n) is 3.58. The molecular weight excluding hydrogens is 265 g/mol. The SMILES string of the molecule is Fc1cc(OCc2cccc(F)c2F)ccc1Cl. The predicted octanol–water partition coefficient (Wildman–Crippen LogP) is 4.34. The van der Waals surface area contributed by atoms with Gasteiger partial charge in [0.05, 0.1) is 5.02 Å². The molecule has 2 aromatic rings. The Morgan fingerprint density at radius 1 is 1.00 bits per heavy atom. The molecule has 94 valence electrons. The average Bonchev–Trinajstić information content (AvgIpc) is 2.35. The molecule has 0 radical (unpaired) electrons. The first-order valence-electron chi connectivity index (χ1n) is 5.08. The molecule has 0 unspecified atom stereocenters. The summed E-state index contributed by atoms with van der Waals surface area (Å²) in [6, 6.07) is 7.64. The van der Waals surface area contributed by atoms with E-state index in [1.165, 1.54) is 24.3 Å². The predicted molar refractivity (Wildman–Crippen MR) is 62.1 cm³/mol. The Kier molecular flexibility index (Phi) is 3.77. The molecule has 5 heteroatoms. The van der Waals surface area contributed by atoms with Gasteiger partial charge >= 0.3 is 0 Å². The average molecular weight is 273 g/mol. The molecule has 0 heterocycles. The molecule has 0 aliphatic carbocycles. The van der Waals surface area contributed by atoms with Gasteiger partial charge in [0.25, 0.3) is 0 Å². The van der Waals surface area contributed by atoms with Crippen LogP contribution >= 0.6 is 11.6 Å². The normalized spacial score (nSPS) is 10.4. The molecule has 0 aromatic heterocycles. The third kappa shape index (κ3) is 2.76. The van der Waals surface area contributed by atoms with E-state index in [1.54, 1.807) is 0 Å². The lowest BCUT2D eigenvalue weighted by atomic mass is 10.2. The van der Waals surface area contributed by atoms with Crippen LogP contribution in [-0.2, 0) is 6.61 Å². The van der Waals surface area contributed by atoms with Crippen LogP contribution in [0.3, 0.4) is 0 Å². The zero-order valence-electron chi connectivity index (χ0n) is 9.09. The minimum absolute atomic E-state index is 0.0284. The van der Waals surface area contributed by atoms with Crippen LogP contribution in [0.4, 0.5) is 13.2 Å². The maximum absolute atomic E-state index is 13.3. The van der Waals surface area contributed by atoms with E-state index in [2.05, 4.69) is 0 Å². The summed E-state index contributed by atoms with van der Waals surface area (Å²) >= 11 is 5.50. The van der Waals surface area contributed by atoms with Crippen LogP contribution in [-0.4, -0.2) is 0 Å². The van der Waals surface area contributed by atoms with Crippen molar-refractivity contribution in [3.05, 3.63) is 64.4 Å². The van der Waals surface area contributed by atoms with Gasteiger partial charge in [0.2, 0.25) is 0 Å². The molecule has 0 saturated heterocycles. The van der Waals surface area contributed by atoms with Crippen LogP contribution in [0.5, 0.6) is 5.75 Å². The number of hydrogen-bond acceptors (Lipinski definition) is 1. The van der Waals surface area contributed by atoms with Gasteiger partial charge in [-0.2, -0.15) is 0 Å². The zero-order valence-corrected chi connectivity index (χ0v) is 9.85. The van der Waals surface area contributed by atoms with Gasteiger partial charge in [0.15, 0.2) is 11.6 Å². The Morgan fingerprint density at radius 3 is 2.50 bits per heavy atom. The van der Waals surface area contributed by atoms with E-state index < -0.39 is 17.5 Å². The summed E-state index contributed by atoms with van der Waals surface area (Å²) in [6.07, 6.45) is 0. The lowest BCUT2D eigenvalue weighted by molar-refractivity contribution is 0.295. The standard InChI is InChI=1S/C13H8ClF3O/c14-10-5-4-9(6-12(10)16)18-7-8-2-1-3-11(15)13(8)17/h1-6H,7H2. The lowest BCUT2D eigenvalue weighted by Gasteiger charge is -2.08. The van der Waals surface area contributed by atoms with Crippen molar-refractivity contribution in [3.63, 3.8) is 0 Å². The molecule has 0 saturated carbocycles. The number of halogens is 4. The number of rotatable bonds is 3. The molecule has 2 rings (SSSR count). The second kappa shape index (κ2) is 5.31. The van der Waals surface area contributed by atoms with Gasteiger partial charge in [0.1, 0.15) is 18.2 Å². The molecule has 0 N–H and O–H groups in total. The number of ether oxygens (including phenoxy) is 1. The fraction of sp³-hybridized carbons (Fsp3) is 0.0769. The molecule has 0 fully saturated rings. The Balaban J connectivity index is 2.11. The highest BCUT2D eigenvalue weighted by atomic mass is 35.5. The lowest BCUT2D eigenvalue weighted by Crippen LogP contribution is -2.00. The molecule has 1 nitrogen and oxygen atoms in total. The van der Waals surface area contributed by atoms with Crippen molar-refractivity contribution in [3.8, 4) is 5.75 Å². The summed E-state index contributed by atoms with van der Waals surface area (Å²) in [4.78, 5) is 0. The zero-order chi connectivity index (χ0) is 13.1. The second-order valence-corrected chi connectivity index (χ2v) is 3.98. The van der Waals surface area contributed by atoms with Crippen LogP contribution in [0, 0.1) is 17.5 Å². The highest BCUT2D eigenvalue weighted by Crippen LogP contribution is 2.21. The first-order valence-corrected chi connectivity index (χ1v) is 5.46. The van der Waals surface area contributed by atoms with E-state index in [-0.39, 0.29) is 22.9 Å². The van der Waals surface area contributed by atoms with Crippen LogP contribution in [0.1, 0.15) is 5.56 Å². The molecule has 2 aromatic carbocycles. The van der Waals surface area contributed by atoms with Crippen LogP contribution < -0.4 is 4.74 Å². The number of benzene rings is 2. The Morgan fingerprint density at radius 2 is 1.78 bits per heavy atom.